The first-order valence-corrected chi connectivity index (χ1v) is 7.67. The maximum Gasteiger partial charge on any atom is 0.116 e. The molecule has 0 radical (unpaired) electrons. The summed E-state index contributed by atoms with van der Waals surface area (Å²) < 4.78 is 0. The molecule has 2 aliphatic rings. The van der Waals surface area contributed by atoms with Gasteiger partial charge in [-0.2, -0.15) is 5.26 Å². The minimum absolute atomic E-state index is 0.416. The summed E-state index contributed by atoms with van der Waals surface area (Å²) in [5.74, 6) is 0. The first kappa shape index (κ1) is 13.6. The van der Waals surface area contributed by atoms with Gasteiger partial charge in [-0.25, -0.2) is 0 Å². The van der Waals surface area contributed by atoms with Crippen LogP contribution in [0.3, 0.4) is 0 Å². The van der Waals surface area contributed by atoms with Crippen LogP contribution < -0.4 is 5.32 Å². The van der Waals surface area contributed by atoms with Gasteiger partial charge in [-0.3, -0.25) is 10.2 Å². The lowest BCUT2D eigenvalue weighted by molar-refractivity contribution is 0.213. The van der Waals surface area contributed by atoms with Crippen molar-refractivity contribution < 1.29 is 0 Å². The number of hydrogen-bond donors (Lipinski definition) is 1. The van der Waals surface area contributed by atoms with Crippen LogP contribution in [0.5, 0.6) is 0 Å². The van der Waals surface area contributed by atoms with Gasteiger partial charge in [0.2, 0.25) is 0 Å². The second-order valence-corrected chi connectivity index (χ2v) is 6.45. The van der Waals surface area contributed by atoms with Crippen LogP contribution in [0.15, 0.2) is 24.3 Å². The Morgan fingerprint density at radius 3 is 2.80 bits per heavy atom. The Balaban J connectivity index is 1.69. The number of aryl methyl sites for hydroxylation is 1. The smallest absolute Gasteiger partial charge is 0.116 e. The molecular weight excluding hydrogens is 246 g/mol. The lowest BCUT2D eigenvalue weighted by Crippen LogP contribution is -2.51. The van der Waals surface area contributed by atoms with Crippen molar-refractivity contribution in [2.45, 2.75) is 50.7 Å². The largest absolute Gasteiger partial charge is 0.296 e. The average molecular weight is 269 g/mol. The zero-order chi connectivity index (χ0) is 14.0. The number of rotatable bonds is 4. The molecule has 3 rings (SSSR count). The molecule has 1 fully saturated rings. The van der Waals surface area contributed by atoms with Crippen LogP contribution in [0.1, 0.15) is 37.3 Å². The molecule has 0 saturated heterocycles. The molecule has 3 heteroatoms. The SMILES string of the molecule is CC(C#N)(CN1CCCc2ccccc2C1)NC1CC1. The molecule has 20 heavy (non-hydrogen) atoms. The van der Waals surface area contributed by atoms with Crippen LogP contribution in [0.2, 0.25) is 0 Å². The van der Waals surface area contributed by atoms with Crippen molar-refractivity contribution in [2.24, 2.45) is 0 Å². The minimum atomic E-state index is -0.416. The highest BCUT2D eigenvalue weighted by Crippen LogP contribution is 2.24. The summed E-state index contributed by atoms with van der Waals surface area (Å²) in [4.78, 5) is 2.43. The summed E-state index contributed by atoms with van der Waals surface area (Å²) in [7, 11) is 0. The molecule has 1 atom stereocenters. The van der Waals surface area contributed by atoms with Crippen LogP contribution in [0, 0.1) is 11.3 Å². The van der Waals surface area contributed by atoms with E-state index in [9.17, 15) is 5.26 Å². The van der Waals surface area contributed by atoms with Crippen LogP contribution in [0.4, 0.5) is 0 Å². The van der Waals surface area contributed by atoms with E-state index in [1.54, 1.807) is 0 Å². The third kappa shape index (κ3) is 3.20. The lowest BCUT2D eigenvalue weighted by atomic mass is 10.0. The first-order chi connectivity index (χ1) is 9.68. The summed E-state index contributed by atoms with van der Waals surface area (Å²) in [5.41, 5.74) is 2.49. The molecule has 1 aromatic rings. The topological polar surface area (TPSA) is 39.1 Å². The standard InChI is InChI=1S/C17H23N3/c1-17(12-18,19-16-8-9-16)13-20-10-4-7-14-5-2-3-6-15(14)11-20/h2-3,5-6,16,19H,4,7-11,13H2,1H3. The summed E-state index contributed by atoms with van der Waals surface area (Å²) in [5, 5.41) is 13.0. The molecule has 1 aliphatic heterocycles. The van der Waals surface area contributed by atoms with Crippen molar-refractivity contribution >= 4 is 0 Å². The average Bonchev–Trinajstić information content (AvgIpc) is 3.25. The molecule has 1 aliphatic carbocycles. The van der Waals surface area contributed by atoms with E-state index >= 15 is 0 Å². The molecule has 1 aromatic carbocycles. The fourth-order valence-electron chi connectivity index (χ4n) is 3.14. The lowest BCUT2D eigenvalue weighted by Gasteiger charge is -2.31. The molecule has 1 unspecified atom stereocenters. The van der Waals surface area contributed by atoms with Crippen molar-refractivity contribution in [1.29, 1.82) is 5.26 Å². The molecule has 1 N–H and O–H groups in total. The predicted molar refractivity (Wildman–Crippen MR) is 80.2 cm³/mol. The third-order valence-electron chi connectivity index (χ3n) is 4.32. The van der Waals surface area contributed by atoms with E-state index in [0.717, 1.165) is 26.1 Å². The van der Waals surface area contributed by atoms with E-state index in [2.05, 4.69) is 40.6 Å². The Bertz CT molecular complexity index is 515. The van der Waals surface area contributed by atoms with Gasteiger partial charge in [-0.05, 0) is 50.3 Å². The van der Waals surface area contributed by atoms with Gasteiger partial charge in [0.05, 0.1) is 6.07 Å². The number of hydrogen-bond acceptors (Lipinski definition) is 3. The van der Waals surface area contributed by atoms with Crippen LogP contribution >= 0.6 is 0 Å². The maximum atomic E-state index is 9.52. The maximum absolute atomic E-state index is 9.52. The highest BCUT2D eigenvalue weighted by atomic mass is 15.2. The summed E-state index contributed by atoms with van der Waals surface area (Å²) in [6.45, 7) is 4.91. The van der Waals surface area contributed by atoms with Crippen LogP contribution in [-0.4, -0.2) is 29.6 Å². The normalized spacial score (nSPS) is 22.4. The van der Waals surface area contributed by atoms with Crippen molar-refractivity contribution in [1.82, 2.24) is 10.2 Å². The number of nitrogens with zero attached hydrogens (tertiary/aromatic N) is 2. The molecular formula is C17H23N3. The van der Waals surface area contributed by atoms with Crippen molar-refractivity contribution in [3.05, 3.63) is 35.4 Å². The molecule has 1 saturated carbocycles. The number of nitriles is 1. The monoisotopic (exact) mass is 269 g/mol. The fraction of sp³-hybridized carbons (Fsp3) is 0.588. The van der Waals surface area contributed by atoms with Gasteiger partial charge >= 0.3 is 0 Å². The summed E-state index contributed by atoms with van der Waals surface area (Å²) >= 11 is 0. The van der Waals surface area contributed by atoms with E-state index in [-0.39, 0.29) is 0 Å². The van der Waals surface area contributed by atoms with E-state index in [1.165, 1.54) is 30.4 Å². The van der Waals surface area contributed by atoms with Crippen molar-refractivity contribution in [2.75, 3.05) is 13.1 Å². The highest BCUT2D eigenvalue weighted by Gasteiger charge is 2.34. The van der Waals surface area contributed by atoms with E-state index < -0.39 is 5.54 Å². The van der Waals surface area contributed by atoms with Gasteiger partial charge in [-0.1, -0.05) is 24.3 Å². The Morgan fingerprint density at radius 2 is 2.10 bits per heavy atom. The minimum Gasteiger partial charge on any atom is -0.296 e. The molecule has 3 nitrogen and oxygen atoms in total. The third-order valence-corrected chi connectivity index (χ3v) is 4.32. The van der Waals surface area contributed by atoms with E-state index in [0.29, 0.717) is 6.04 Å². The van der Waals surface area contributed by atoms with Gasteiger partial charge in [0.1, 0.15) is 5.54 Å². The fourth-order valence-corrected chi connectivity index (χ4v) is 3.14. The van der Waals surface area contributed by atoms with Crippen LogP contribution in [-0.2, 0) is 13.0 Å². The molecule has 1 heterocycles. The zero-order valence-corrected chi connectivity index (χ0v) is 12.2. The Labute approximate surface area is 121 Å². The Hall–Kier alpha value is -1.37. The second kappa shape index (κ2) is 5.55. The van der Waals surface area contributed by atoms with Gasteiger partial charge < -0.3 is 0 Å². The van der Waals surface area contributed by atoms with Gasteiger partial charge in [0.15, 0.2) is 0 Å². The molecule has 0 bridgehead atoms. The number of fused-ring (bicyclic) bond motifs is 1. The molecule has 0 aromatic heterocycles. The predicted octanol–water partition coefficient (Wildman–Crippen LogP) is 2.47. The Kier molecular flexibility index (Phi) is 3.78. The molecule has 0 amide bonds. The Morgan fingerprint density at radius 1 is 1.35 bits per heavy atom. The van der Waals surface area contributed by atoms with Gasteiger partial charge in [0, 0.05) is 19.1 Å². The van der Waals surface area contributed by atoms with Crippen molar-refractivity contribution in [3.8, 4) is 6.07 Å². The van der Waals surface area contributed by atoms with Crippen molar-refractivity contribution in [3.63, 3.8) is 0 Å². The molecule has 106 valence electrons. The zero-order valence-electron chi connectivity index (χ0n) is 12.2. The van der Waals surface area contributed by atoms with Crippen LogP contribution in [0.25, 0.3) is 0 Å². The van der Waals surface area contributed by atoms with E-state index in [1.807, 2.05) is 6.92 Å². The second-order valence-electron chi connectivity index (χ2n) is 6.45. The van der Waals surface area contributed by atoms with Gasteiger partial charge in [-0.15, -0.1) is 0 Å². The number of nitrogens with one attached hydrogen (secondary N) is 1. The first-order valence-electron chi connectivity index (χ1n) is 7.67. The quantitative estimate of drug-likeness (QED) is 0.912. The van der Waals surface area contributed by atoms with E-state index in [4.69, 9.17) is 0 Å². The highest BCUT2D eigenvalue weighted by molar-refractivity contribution is 5.28. The summed E-state index contributed by atoms with van der Waals surface area (Å²) in [6, 6.07) is 11.8. The summed E-state index contributed by atoms with van der Waals surface area (Å²) in [6.07, 6.45) is 4.79. The van der Waals surface area contributed by atoms with Gasteiger partial charge in [0.25, 0.3) is 0 Å². The molecule has 0 spiro atoms. The number of benzene rings is 1.